The van der Waals surface area contributed by atoms with Crippen molar-refractivity contribution in [3.05, 3.63) is 125 Å². The van der Waals surface area contributed by atoms with Crippen molar-refractivity contribution in [2.45, 2.75) is 38.0 Å². The number of rotatable bonds is 7. The Bertz CT molecular complexity index is 1600. The predicted molar refractivity (Wildman–Crippen MR) is 156 cm³/mol. The van der Waals surface area contributed by atoms with Crippen LogP contribution in [-0.2, 0) is 15.4 Å². The standard InChI is InChI=1S/C32H32N2O4S/c1-22-9-19-29(20-10-22)39(37,38)34(5)28-17-13-24(14-18-28)31(36)33-27-8-6-7-25(21-27)30(35)23-11-15-26(16-12-23)32(2,3)4/h6-21H,1-5H3,(H,33,36). The number of carbonyl (C=O) groups excluding carboxylic acids is 2. The topological polar surface area (TPSA) is 83.6 Å². The van der Waals surface area contributed by atoms with E-state index in [1.54, 1.807) is 72.8 Å². The molecule has 0 heterocycles. The highest BCUT2D eigenvalue weighted by Gasteiger charge is 2.21. The minimum absolute atomic E-state index is 0.00521. The molecule has 200 valence electrons. The number of hydrogen-bond acceptors (Lipinski definition) is 4. The van der Waals surface area contributed by atoms with Gasteiger partial charge in [0.25, 0.3) is 15.9 Å². The third-order valence-electron chi connectivity index (χ3n) is 6.57. The Morgan fingerprint density at radius 2 is 1.33 bits per heavy atom. The van der Waals surface area contributed by atoms with Crippen LogP contribution < -0.4 is 9.62 Å². The number of hydrogen-bond donors (Lipinski definition) is 1. The van der Waals surface area contributed by atoms with E-state index in [1.165, 1.54) is 11.4 Å². The second-order valence-corrected chi connectivity index (χ2v) is 12.5. The minimum atomic E-state index is -3.74. The molecule has 7 heteroatoms. The molecule has 4 aromatic carbocycles. The summed E-state index contributed by atoms with van der Waals surface area (Å²) in [5, 5.41) is 2.82. The minimum Gasteiger partial charge on any atom is -0.322 e. The molecule has 0 saturated carbocycles. The van der Waals surface area contributed by atoms with Crippen LogP contribution in [0.5, 0.6) is 0 Å². The van der Waals surface area contributed by atoms with Gasteiger partial charge in [-0.2, -0.15) is 0 Å². The lowest BCUT2D eigenvalue weighted by atomic mass is 9.86. The van der Waals surface area contributed by atoms with Gasteiger partial charge < -0.3 is 5.32 Å². The number of benzene rings is 4. The zero-order valence-corrected chi connectivity index (χ0v) is 23.5. The smallest absolute Gasteiger partial charge is 0.264 e. The fraction of sp³-hybridized carbons (Fsp3) is 0.188. The summed E-state index contributed by atoms with van der Waals surface area (Å²) in [4.78, 5) is 26.1. The first-order valence-electron chi connectivity index (χ1n) is 12.6. The second kappa shape index (κ2) is 10.9. The van der Waals surface area contributed by atoms with Crippen molar-refractivity contribution in [2.75, 3.05) is 16.7 Å². The van der Waals surface area contributed by atoms with E-state index in [2.05, 4.69) is 26.1 Å². The fourth-order valence-electron chi connectivity index (χ4n) is 4.06. The van der Waals surface area contributed by atoms with Gasteiger partial charge in [-0.1, -0.05) is 74.9 Å². The van der Waals surface area contributed by atoms with Gasteiger partial charge in [0.05, 0.1) is 10.6 Å². The maximum absolute atomic E-state index is 13.1. The maximum atomic E-state index is 13.1. The normalized spacial score (nSPS) is 11.6. The fourth-order valence-corrected chi connectivity index (χ4v) is 5.26. The third-order valence-corrected chi connectivity index (χ3v) is 8.37. The summed E-state index contributed by atoms with van der Waals surface area (Å²) < 4.78 is 27.1. The molecule has 0 aromatic heterocycles. The van der Waals surface area contributed by atoms with Crippen molar-refractivity contribution in [2.24, 2.45) is 0 Å². The van der Waals surface area contributed by atoms with Gasteiger partial charge in [0, 0.05) is 29.4 Å². The van der Waals surface area contributed by atoms with Crippen LogP contribution >= 0.6 is 0 Å². The van der Waals surface area contributed by atoms with Gasteiger partial charge >= 0.3 is 0 Å². The van der Waals surface area contributed by atoms with E-state index in [4.69, 9.17) is 0 Å². The highest BCUT2D eigenvalue weighted by atomic mass is 32.2. The molecule has 0 aliphatic heterocycles. The van der Waals surface area contributed by atoms with E-state index in [0.717, 1.165) is 11.1 Å². The monoisotopic (exact) mass is 540 g/mol. The van der Waals surface area contributed by atoms with Gasteiger partial charge in [-0.25, -0.2) is 8.42 Å². The van der Waals surface area contributed by atoms with Crippen molar-refractivity contribution in [1.82, 2.24) is 0 Å². The number of carbonyl (C=O) groups is 2. The number of anilines is 2. The third kappa shape index (κ3) is 6.26. The Kier molecular flexibility index (Phi) is 7.74. The lowest BCUT2D eigenvalue weighted by Crippen LogP contribution is -2.26. The summed E-state index contributed by atoms with van der Waals surface area (Å²) in [5.41, 5.74) is 4.42. The predicted octanol–water partition coefficient (Wildman–Crippen LogP) is 6.60. The van der Waals surface area contributed by atoms with Crippen LogP contribution in [0.3, 0.4) is 0 Å². The summed E-state index contributed by atoms with van der Waals surface area (Å²) in [6, 6.07) is 27.3. The summed E-state index contributed by atoms with van der Waals surface area (Å²) in [5.74, 6) is -0.501. The van der Waals surface area contributed by atoms with Crippen LogP contribution in [0.4, 0.5) is 11.4 Å². The number of sulfonamides is 1. The molecule has 6 nitrogen and oxygen atoms in total. The van der Waals surface area contributed by atoms with Crippen LogP contribution in [0.25, 0.3) is 0 Å². The van der Waals surface area contributed by atoms with Crippen LogP contribution in [0.2, 0.25) is 0 Å². The lowest BCUT2D eigenvalue weighted by Gasteiger charge is -2.20. The van der Waals surface area contributed by atoms with E-state index in [-0.39, 0.29) is 22.0 Å². The summed E-state index contributed by atoms with van der Waals surface area (Å²) in [6.45, 7) is 8.25. The largest absolute Gasteiger partial charge is 0.322 e. The van der Waals surface area contributed by atoms with E-state index in [1.807, 2.05) is 31.2 Å². The number of ketones is 1. The van der Waals surface area contributed by atoms with Crippen molar-refractivity contribution in [3.8, 4) is 0 Å². The molecule has 0 aliphatic rings. The molecule has 39 heavy (non-hydrogen) atoms. The Hall–Kier alpha value is -4.23. The second-order valence-electron chi connectivity index (χ2n) is 10.5. The zero-order chi connectivity index (χ0) is 28.4. The Morgan fingerprint density at radius 1 is 0.744 bits per heavy atom. The number of nitrogens with zero attached hydrogens (tertiary/aromatic N) is 1. The number of aryl methyl sites for hydroxylation is 1. The molecule has 0 bridgehead atoms. The van der Waals surface area contributed by atoms with E-state index >= 15 is 0 Å². The van der Waals surface area contributed by atoms with E-state index < -0.39 is 10.0 Å². The van der Waals surface area contributed by atoms with Crippen molar-refractivity contribution in [1.29, 1.82) is 0 Å². The number of amides is 1. The van der Waals surface area contributed by atoms with Crippen LogP contribution in [0.1, 0.15) is 58.2 Å². The highest BCUT2D eigenvalue weighted by molar-refractivity contribution is 7.92. The SMILES string of the molecule is Cc1ccc(S(=O)(=O)N(C)c2ccc(C(=O)Nc3cccc(C(=O)c4ccc(C(C)(C)C)cc4)c3)cc2)cc1. The van der Waals surface area contributed by atoms with Crippen LogP contribution in [-0.4, -0.2) is 27.2 Å². The molecule has 0 spiro atoms. The average molecular weight is 541 g/mol. The van der Waals surface area contributed by atoms with Crippen molar-refractivity contribution < 1.29 is 18.0 Å². The van der Waals surface area contributed by atoms with Gasteiger partial charge in [-0.05, 0) is 66.4 Å². The molecular formula is C32H32N2O4S. The van der Waals surface area contributed by atoms with Gasteiger partial charge in [0.1, 0.15) is 0 Å². The molecule has 4 rings (SSSR count). The molecular weight excluding hydrogens is 508 g/mol. The molecule has 0 saturated heterocycles. The average Bonchev–Trinajstić information content (AvgIpc) is 2.92. The number of nitrogens with one attached hydrogen (secondary N) is 1. The molecule has 0 radical (unpaired) electrons. The molecule has 4 aromatic rings. The zero-order valence-electron chi connectivity index (χ0n) is 22.7. The quantitative estimate of drug-likeness (QED) is 0.268. The van der Waals surface area contributed by atoms with Crippen molar-refractivity contribution in [3.63, 3.8) is 0 Å². The van der Waals surface area contributed by atoms with Gasteiger partial charge in [-0.3, -0.25) is 13.9 Å². The Morgan fingerprint density at radius 3 is 1.92 bits per heavy atom. The molecule has 1 N–H and O–H groups in total. The Labute approximate surface area is 230 Å². The van der Waals surface area contributed by atoms with Gasteiger partial charge in [-0.15, -0.1) is 0 Å². The first-order chi connectivity index (χ1) is 18.4. The van der Waals surface area contributed by atoms with Crippen LogP contribution in [0, 0.1) is 6.92 Å². The summed E-state index contributed by atoms with van der Waals surface area (Å²) in [7, 11) is -2.26. The molecule has 1 amide bonds. The summed E-state index contributed by atoms with van der Waals surface area (Å²) in [6.07, 6.45) is 0. The van der Waals surface area contributed by atoms with Crippen LogP contribution in [0.15, 0.2) is 102 Å². The molecule has 0 unspecified atom stereocenters. The summed E-state index contributed by atoms with van der Waals surface area (Å²) >= 11 is 0. The van der Waals surface area contributed by atoms with E-state index in [0.29, 0.717) is 28.1 Å². The first-order valence-corrected chi connectivity index (χ1v) is 14.0. The molecule has 0 atom stereocenters. The lowest BCUT2D eigenvalue weighted by molar-refractivity contribution is 0.102. The maximum Gasteiger partial charge on any atom is 0.264 e. The molecule has 0 aliphatic carbocycles. The van der Waals surface area contributed by atoms with E-state index in [9.17, 15) is 18.0 Å². The van der Waals surface area contributed by atoms with Gasteiger partial charge in [0.15, 0.2) is 5.78 Å². The first kappa shape index (κ1) is 27.8. The van der Waals surface area contributed by atoms with Gasteiger partial charge in [0.2, 0.25) is 0 Å². The molecule has 0 fully saturated rings. The highest BCUT2D eigenvalue weighted by Crippen LogP contribution is 2.25. The van der Waals surface area contributed by atoms with Crippen molar-refractivity contribution >= 4 is 33.1 Å². The Balaban J connectivity index is 1.46.